The van der Waals surface area contributed by atoms with Gasteiger partial charge in [0.25, 0.3) is 0 Å². The maximum absolute atomic E-state index is 12.7. The molecule has 0 saturated heterocycles. The van der Waals surface area contributed by atoms with E-state index in [9.17, 15) is 22.8 Å². The molecule has 0 radical (unpaired) electrons. The first kappa shape index (κ1) is 30.5. The van der Waals surface area contributed by atoms with Crippen molar-refractivity contribution in [2.45, 2.75) is 59.4 Å². The summed E-state index contributed by atoms with van der Waals surface area (Å²) in [6, 6.07) is 7.61. The molecule has 36 heavy (non-hydrogen) atoms. The monoisotopic (exact) mass is 516 g/mol. The van der Waals surface area contributed by atoms with Gasteiger partial charge in [-0.3, -0.25) is 0 Å². The van der Waals surface area contributed by atoms with E-state index in [2.05, 4.69) is 4.98 Å². The van der Waals surface area contributed by atoms with Gasteiger partial charge in [-0.1, -0.05) is 6.92 Å². The molecule has 2 aromatic rings. The number of carbonyl (C=O) groups excluding carboxylic acids is 3. The molecule has 0 aliphatic heterocycles. The predicted molar refractivity (Wildman–Crippen MR) is 121 cm³/mol. The van der Waals surface area contributed by atoms with Crippen LogP contribution in [0, 0.1) is 0 Å². The molecule has 0 aliphatic rings. The van der Waals surface area contributed by atoms with Crippen LogP contribution in [0.25, 0.3) is 0 Å². The van der Waals surface area contributed by atoms with E-state index >= 15 is 0 Å². The quantitative estimate of drug-likeness (QED) is 0.406. The van der Waals surface area contributed by atoms with Crippen LogP contribution in [0.3, 0.4) is 0 Å². The molecular weight excluding hydrogens is 485 g/mol. The van der Waals surface area contributed by atoms with Crippen LogP contribution in [0.5, 0.6) is 5.75 Å². The Morgan fingerprint density at radius 2 is 1.58 bits per heavy atom. The van der Waals surface area contributed by atoms with Gasteiger partial charge in [-0.25, -0.2) is 9.59 Å². The lowest BCUT2D eigenvalue weighted by atomic mass is 10.1. The molecule has 1 aromatic heterocycles. The molecule has 0 atom stereocenters. The number of carboxylic acids is 1. The number of benzene rings is 1. The van der Waals surface area contributed by atoms with Gasteiger partial charge in [-0.2, -0.15) is 13.2 Å². The maximum Gasteiger partial charge on any atom is 0.430 e. The van der Waals surface area contributed by atoms with Crippen LogP contribution in [-0.2, 0) is 27.2 Å². The standard InChI is InChI=1S/C22H30N2O5.C2HF3O2/c1-7-16-18(20(25)28-8-2)17(24-19(16)21(26)29-22(3,4)5)13-23-14-9-11-15(27-6)12-10-14;3-2(4,5)1(6)7/h9-12,23-24H,7-8,13H2,1-6H3;(H,6,7). The fourth-order valence-electron chi connectivity index (χ4n) is 3.02. The summed E-state index contributed by atoms with van der Waals surface area (Å²) in [7, 11) is 1.62. The molecule has 1 heterocycles. The minimum Gasteiger partial charge on any atom is -0.542 e. The number of alkyl halides is 3. The average molecular weight is 517 g/mol. The highest BCUT2D eigenvalue weighted by atomic mass is 19.4. The molecule has 12 heteroatoms. The van der Waals surface area contributed by atoms with Gasteiger partial charge in [0.05, 0.1) is 25.0 Å². The number of ether oxygens (including phenoxy) is 3. The van der Waals surface area contributed by atoms with Crippen LogP contribution < -0.4 is 15.2 Å². The van der Waals surface area contributed by atoms with Crippen molar-refractivity contribution in [1.29, 1.82) is 0 Å². The van der Waals surface area contributed by atoms with Crippen LogP contribution in [-0.4, -0.2) is 48.4 Å². The number of H-pyrrole nitrogens is 1. The van der Waals surface area contributed by atoms with Crippen molar-refractivity contribution < 1.29 is 52.2 Å². The Morgan fingerprint density at radius 1 is 1.03 bits per heavy atom. The molecule has 2 rings (SSSR count). The molecular formula is C24H31F3N2O7. The van der Waals surface area contributed by atoms with E-state index in [1.54, 1.807) is 14.0 Å². The van der Waals surface area contributed by atoms with Crippen LogP contribution in [0.15, 0.2) is 24.3 Å². The first-order chi connectivity index (χ1) is 16.6. The highest BCUT2D eigenvalue weighted by Crippen LogP contribution is 2.24. The lowest BCUT2D eigenvalue weighted by molar-refractivity contribution is -0.589. The van der Waals surface area contributed by atoms with Crippen molar-refractivity contribution in [2.24, 2.45) is 0 Å². The molecule has 0 amide bonds. The van der Waals surface area contributed by atoms with Gasteiger partial charge in [0.1, 0.15) is 35.2 Å². The molecule has 200 valence electrons. The van der Waals surface area contributed by atoms with Crippen molar-refractivity contribution in [3.8, 4) is 5.75 Å². The summed E-state index contributed by atoms with van der Waals surface area (Å²) in [5.74, 6) is -3.15. The number of hydrogen-bond donors (Lipinski definition) is 2. The Kier molecular flexibility index (Phi) is 11.0. The van der Waals surface area contributed by atoms with Crippen molar-refractivity contribution in [3.05, 3.63) is 46.8 Å². The normalized spacial score (nSPS) is 11.2. The fraction of sp³-hybridized carbons (Fsp3) is 0.458. The Hall–Kier alpha value is -3.54. The molecule has 3 N–H and O–H groups in total. The topological polar surface area (TPSA) is 134 Å². The lowest BCUT2D eigenvalue weighted by Gasteiger charge is -2.19. The number of nitrogens with two attached hydrogens (primary N) is 1. The second kappa shape index (κ2) is 13.0. The lowest BCUT2D eigenvalue weighted by Crippen LogP contribution is -2.76. The third kappa shape index (κ3) is 9.25. The van der Waals surface area contributed by atoms with Crippen molar-refractivity contribution in [2.75, 3.05) is 13.7 Å². The molecule has 0 unspecified atom stereocenters. The summed E-state index contributed by atoms with van der Waals surface area (Å²) in [5, 5.41) is 10.8. The number of nitrogens with one attached hydrogen (secondary N) is 1. The van der Waals surface area contributed by atoms with Crippen molar-refractivity contribution >= 4 is 23.6 Å². The largest absolute Gasteiger partial charge is 0.542 e. The van der Waals surface area contributed by atoms with Gasteiger partial charge in [-0.15, -0.1) is 0 Å². The number of aromatic amines is 1. The van der Waals surface area contributed by atoms with E-state index in [4.69, 9.17) is 24.1 Å². The van der Waals surface area contributed by atoms with E-state index in [1.807, 2.05) is 57.3 Å². The number of esters is 2. The van der Waals surface area contributed by atoms with E-state index < -0.39 is 29.7 Å². The minimum atomic E-state index is -5.19. The molecule has 0 saturated carbocycles. The summed E-state index contributed by atoms with van der Waals surface area (Å²) < 4.78 is 47.5. The number of halogens is 3. The Labute approximate surface area is 206 Å². The van der Waals surface area contributed by atoms with E-state index in [0.717, 1.165) is 11.4 Å². The third-order valence-electron chi connectivity index (χ3n) is 4.51. The number of aromatic nitrogens is 1. The van der Waals surface area contributed by atoms with Crippen LogP contribution in [0.4, 0.5) is 18.9 Å². The van der Waals surface area contributed by atoms with Crippen LogP contribution in [0.1, 0.15) is 66.7 Å². The summed E-state index contributed by atoms with van der Waals surface area (Å²) >= 11 is 0. The smallest absolute Gasteiger partial charge is 0.430 e. The van der Waals surface area contributed by atoms with Crippen LogP contribution >= 0.6 is 0 Å². The second-order valence-electron chi connectivity index (χ2n) is 8.37. The second-order valence-corrected chi connectivity index (χ2v) is 8.37. The zero-order valence-electron chi connectivity index (χ0n) is 21.0. The number of carboxylic acid groups (broad SMARTS) is 1. The minimum absolute atomic E-state index is 0.260. The average Bonchev–Trinajstić information content (AvgIpc) is 3.15. The Bertz CT molecular complexity index is 1040. The molecule has 1 aromatic carbocycles. The highest BCUT2D eigenvalue weighted by molar-refractivity contribution is 5.98. The summed E-state index contributed by atoms with van der Waals surface area (Å²) in [6.45, 7) is 9.79. The van der Waals surface area contributed by atoms with Gasteiger partial charge in [0.15, 0.2) is 0 Å². The number of rotatable bonds is 8. The van der Waals surface area contributed by atoms with Crippen LogP contribution in [0.2, 0.25) is 0 Å². The molecule has 9 nitrogen and oxygen atoms in total. The summed E-state index contributed by atoms with van der Waals surface area (Å²) in [4.78, 5) is 37.2. The van der Waals surface area contributed by atoms with Gasteiger partial charge in [0.2, 0.25) is 0 Å². The predicted octanol–water partition coefficient (Wildman–Crippen LogP) is 2.41. The van der Waals surface area contributed by atoms with E-state index in [1.165, 1.54) is 0 Å². The van der Waals surface area contributed by atoms with Crippen molar-refractivity contribution in [3.63, 3.8) is 0 Å². The van der Waals surface area contributed by atoms with E-state index in [0.29, 0.717) is 35.5 Å². The number of aliphatic carboxylic acids is 1. The highest BCUT2D eigenvalue weighted by Gasteiger charge is 2.30. The summed E-state index contributed by atoms with van der Waals surface area (Å²) in [6.07, 6.45) is -4.69. The zero-order chi connectivity index (χ0) is 27.7. The zero-order valence-corrected chi connectivity index (χ0v) is 21.0. The number of methoxy groups -OCH3 is 1. The molecule has 0 aliphatic carbocycles. The number of hydrogen-bond acceptors (Lipinski definition) is 7. The summed E-state index contributed by atoms with van der Waals surface area (Å²) in [5.41, 5.74) is 2.33. The van der Waals surface area contributed by atoms with Gasteiger partial charge in [-0.05, 0) is 51.8 Å². The van der Waals surface area contributed by atoms with Gasteiger partial charge in [0, 0.05) is 12.1 Å². The Morgan fingerprint density at radius 3 is 2.00 bits per heavy atom. The van der Waals surface area contributed by atoms with Gasteiger partial charge < -0.3 is 34.4 Å². The number of carbonyl (C=O) groups is 3. The maximum atomic E-state index is 12.7. The molecule has 0 spiro atoms. The van der Waals surface area contributed by atoms with Gasteiger partial charge >= 0.3 is 18.1 Å². The van der Waals surface area contributed by atoms with E-state index in [-0.39, 0.29) is 6.61 Å². The first-order valence-electron chi connectivity index (χ1n) is 11.0. The molecule has 0 fully saturated rings. The first-order valence-corrected chi connectivity index (χ1v) is 11.0. The van der Waals surface area contributed by atoms with Crippen molar-refractivity contribution in [1.82, 2.24) is 4.98 Å². The fourth-order valence-corrected chi connectivity index (χ4v) is 3.02. The third-order valence-corrected chi connectivity index (χ3v) is 4.51. The molecule has 0 bridgehead atoms. The number of quaternary nitrogens is 1. The SMILES string of the molecule is CCOC(=O)c1c(C[NH2+]c2ccc(OC)cc2)[nH]c(C(=O)OC(C)(C)C)c1CC.O=C([O-])C(F)(F)F. The Balaban J connectivity index is 0.000000809.